The number of halogens is 2. The Hall–Kier alpha value is -1.52. The Morgan fingerprint density at radius 1 is 1.26 bits per heavy atom. The Balaban J connectivity index is 2.20. The van der Waals surface area contributed by atoms with E-state index in [2.05, 4.69) is 15.9 Å². The minimum Gasteiger partial charge on any atom is -0.545 e. The van der Waals surface area contributed by atoms with Gasteiger partial charge in [0.05, 0.1) is 5.97 Å². The number of carboxylic acid groups (broad SMARTS) is 1. The van der Waals surface area contributed by atoms with Crippen LogP contribution in [0.25, 0.3) is 0 Å². The molecular formula is C14H9BrClO3-. The second-order valence-electron chi connectivity index (χ2n) is 3.81. The van der Waals surface area contributed by atoms with E-state index >= 15 is 0 Å². The zero-order valence-corrected chi connectivity index (χ0v) is 12.1. The van der Waals surface area contributed by atoms with Crippen LogP contribution in [-0.2, 0) is 6.61 Å². The zero-order valence-electron chi connectivity index (χ0n) is 9.73. The van der Waals surface area contributed by atoms with Crippen LogP contribution in [0.5, 0.6) is 5.75 Å². The van der Waals surface area contributed by atoms with Crippen molar-refractivity contribution in [3.05, 3.63) is 63.1 Å². The summed E-state index contributed by atoms with van der Waals surface area (Å²) in [5.74, 6) is -1.03. The van der Waals surface area contributed by atoms with Crippen molar-refractivity contribution in [1.29, 1.82) is 0 Å². The number of aromatic carboxylic acids is 1. The maximum absolute atomic E-state index is 11.0. The fourth-order valence-electron chi connectivity index (χ4n) is 1.56. The molecule has 0 atom stereocenters. The lowest BCUT2D eigenvalue weighted by Gasteiger charge is -2.13. The van der Waals surface area contributed by atoms with Gasteiger partial charge in [0.15, 0.2) is 0 Å². The maximum atomic E-state index is 11.0. The number of carbonyl (C=O) groups is 1. The van der Waals surface area contributed by atoms with Crippen LogP contribution in [-0.4, -0.2) is 5.97 Å². The van der Waals surface area contributed by atoms with Gasteiger partial charge < -0.3 is 14.6 Å². The van der Waals surface area contributed by atoms with E-state index < -0.39 is 5.97 Å². The Morgan fingerprint density at radius 3 is 2.68 bits per heavy atom. The molecule has 0 heterocycles. The number of benzene rings is 2. The second kappa shape index (κ2) is 6.08. The average Bonchev–Trinajstić information content (AvgIpc) is 2.38. The molecule has 2 aromatic rings. The summed E-state index contributed by atoms with van der Waals surface area (Å²) in [4.78, 5) is 11.0. The lowest BCUT2D eigenvalue weighted by molar-refractivity contribution is -0.255. The third-order valence-corrected chi connectivity index (χ3v) is 3.36. The van der Waals surface area contributed by atoms with Crippen LogP contribution in [0, 0.1) is 0 Å². The third kappa shape index (κ3) is 3.49. The van der Waals surface area contributed by atoms with Crippen molar-refractivity contribution in [2.75, 3.05) is 0 Å². The van der Waals surface area contributed by atoms with E-state index in [1.165, 1.54) is 6.07 Å². The van der Waals surface area contributed by atoms with Crippen LogP contribution in [0.3, 0.4) is 0 Å². The minimum absolute atomic E-state index is 0.00132. The topological polar surface area (TPSA) is 49.4 Å². The number of hydrogen-bond acceptors (Lipinski definition) is 3. The Bertz CT molecular complexity index is 613. The standard InChI is InChI=1S/C14H10BrClO3/c15-10-5-6-13(11(7-10)14(17)18)19-8-9-3-1-2-4-12(9)16/h1-7H,8H2,(H,17,18)/p-1. The van der Waals surface area contributed by atoms with Gasteiger partial charge in [-0.15, -0.1) is 0 Å². The van der Waals surface area contributed by atoms with Gasteiger partial charge in [0.2, 0.25) is 0 Å². The lowest BCUT2D eigenvalue weighted by atomic mass is 10.2. The Labute approximate surface area is 123 Å². The SMILES string of the molecule is O=C([O-])c1cc(Br)ccc1OCc1ccccc1Cl. The number of hydrogen-bond donors (Lipinski definition) is 0. The molecule has 0 fully saturated rings. The molecule has 2 rings (SSSR count). The highest BCUT2D eigenvalue weighted by Gasteiger charge is 2.07. The molecule has 5 heteroatoms. The lowest BCUT2D eigenvalue weighted by Crippen LogP contribution is -2.23. The van der Waals surface area contributed by atoms with Gasteiger partial charge in [-0.2, -0.15) is 0 Å². The molecule has 0 saturated heterocycles. The smallest absolute Gasteiger partial charge is 0.128 e. The first-order valence-corrected chi connectivity index (χ1v) is 6.62. The molecule has 0 spiro atoms. The van der Waals surface area contributed by atoms with Gasteiger partial charge in [-0.05, 0) is 24.3 Å². The first kappa shape index (κ1) is 13.9. The summed E-state index contributed by atoms with van der Waals surface area (Å²) in [5.41, 5.74) is 0.790. The van der Waals surface area contributed by atoms with Crippen LogP contribution in [0.15, 0.2) is 46.9 Å². The summed E-state index contributed by atoms with van der Waals surface area (Å²) in [7, 11) is 0. The highest BCUT2D eigenvalue weighted by atomic mass is 79.9. The molecule has 0 N–H and O–H groups in total. The van der Waals surface area contributed by atoms with Gasteiger partial charge >= 0.3 is 0 Å². The minimum atomic E-state index is -1.28. The molecular weight excluding hydrogens is 332 g/mol. The van der Waals surface area contributed by atoms with Crippen molar-refractivity contribution in [3.8, 4) is 5.75 Å². The fourth-order valence-corrected chi connectivity index (χ4v) is 2.11. The molecule has 3 nitrogen and oxygen atoms in total. The molecule has 0 radical (unpaired) electrons. The maximum Gasteiger partial charge on any atom is 0.128 e. The number of ether oxygens (including phenoxy) is 1. The molecule has 0 saturated carbocycles. The molecule has 2 aromatic carbocycles. The molecule has 98 valence electrons. The quantitative estimate of drug-likeness (QED) is 0.859. The van der Waals surface area contributed by atoms with E-state index in [1.807, 2.05) is 18.2 Å². The largest absolute Gasteiger partial charge is 0.545 e. The summed E-state index contributed by atoms with van der Waals surface area (Å²) in [6, 6.07) is 11.9. The third-order valence-electron chi connectivity index (χ3n) is 2.50. The van der Waals surface area contributed by atoms with E-state index in [9.17, 15) is 9.90 Å². The van der Waals surface area contributed by atoms with E-state index in [-0.39, 0.29) is 17.9 Å². The monoisotopic (exact) mass is 339 g/mol. The number of carbonyl (C=O) groups excluding carboxylic acids is 1. The predicted molar refractivity (Wildman–Crippen MR) is 74.3 cm³/mol. The van der Waals surface area contributed by atoms with E-state index in [1.54, 1.807) is 18.2 Å². The highest BCUT2D eigenvalue weighted by molar-refractivity contribution is 9.10. The molecule has 0 aliphatic heterocycles. The van der Waals surface area contributed by atoms with Crippen LogP contribution in [0.4, 0.5) is 0 Å². The molecule has 0 aliphatic rings. The summed E-state index contributed by atoms with van der Waals surface area (Å²) >= 11 is 9.21. The van der Waals surface area contributed by atoms with Gasteiger partial charge in [-0.25, -0.2) is 0 Å². The highest BCUT2D eigenvalue weighted by Crippen LogP contribution is 2.24. The molecule has 0 aromatic heterocycles. The summed E-state index contributed by atoms with van der Waals surface area (Å²) in [6.07, 6.45) is 0. The van der Waals surface area contributed by atoms with Crippen LogP contribution in [0.1, 0.15) is 15.9 Å². The average molecular weight is 341 g/mol. The Morgan fingerprint density at radius 2 is 2.00 bits per heavy atom. The van der Waals surface area contributed by atoms with Gasteiger partial charge in [0.25, 0.3) is 0 Å². The van der Waals surface area contributed by atoms with Gasteiger partial charge in [-0.3, -0.25) is 0 Å². The van der Waals surface area contributed by atoms with Crippen molar-refractivity contribution in [1.82, 2.24) is 0 Å². The summed E-state index contributed by atoms with van der Waals surface area (Å²) in [6.45, 7) is 0.196. The van der Waals surface area contributed by atoms with Crippen molar-refractivity contribution in [2.45, 2.75) is 6.61 Å². The molecule has 19 heavy (non-hydrogen) atoms. The molecule has 0 unspecified atom stereocenters. The first-order chi connectivity index (χ1) is 9.08. The predicted octanol–water partition coefficient (Wildman–Crippen LogP) is 3.05. The van der Waals surface area contributed by atoms with Gasteiger partial charge in [-0.1, -0.05) is 45.7 Å². The van der Waals surface area contributed by atoms with E-state index in [0.717, 1.165) is 5.56 Å². The van der Waals surface area contributed by atoms with E-state index in [0.29, 0.717) is 9.50 Å². The zero-order chi connectivity index (χ0) is 13.8. The normalized spacial score (nSPS) is 10.2. The van der Waals surface area contributed by atoms with Crippen LogP contribution >= 0.6 is 27.5 Å². The molecule has 0 amide bonds. The van der Waals surface area contributed by atoms with Gasteiger partial charge in [0.1, 0.15) is 12.4 Å². The van der Waals surface area contributed by atoms with E-state index in [4.69, 9.17) is 16.3 Å². The first-order valence-electron chi connectivity index (χ1n) is 5.45. The molecule has 0 bridgehead atoms. The summed E-state index contributed by atoms with van der Waals surface area (Å²) in [5, 5.41) is 11.6. The Kier molecular flexibility index (Phi) is 4.45. The van der Waals surface area contributed by atoms with Crippen LogP contribution in [0.2, 0.25) is 5.02 Å². The van der Waals surface area contributed by atoms with Crippen molar-refractivity contribution in [2.24, 2.45) is 0 Å². The molecule has 0 aliphatic carbocycles. The second-order valence-corrected chi connectivity index (χ2v) is 5.13. The van der Waals surface area contributed by atoms with Crippen LogP contribution < -0.4 is 9.84 Å². The number of rotatable bonds is 4. The van der Waals surface area contributed by atoms with Gasteiger partial charge in [0, 0.05) is 20.6 Å². The fraction of sp³-hybridized carbons (Fsp3) is 0.0714. The summed E-state index contributed by atoms with van der Waals surface area (Å²) < 4.78 is 6.14. The number of carboxylic acids is 1. The van der Waals surface area contributed by atoms with Crippen molar-refractivity contribution >= 4 is 33.5 Å². The van der Waals surface area contributed by atoms with Crippen molar-refractivity contribution in [3.63, 3.8) is 0 Å². The van der Waals surface area contributed by atoms with Crippen molar-refractivity contribution < 1.29 is 14.6 Å².